The van der Waals surface area contributed by atoms with Crippen LogP contribution in [-0.4, -0.2) is 0 Å². The van der Waals surface area contributed by atoms with Crippen LogP contribution in [-0.2, 0) is 17.0 Å². The summed E-state index contributed by atoms with van der Waals surface area (Å²) in [7, 11) is 9.78. The van der Waals surface area contributed by atoms with Crippen molar-refractivity contribution in [1.82, 2.24) is 0 Å². The molecule has 0 aromatic heterocycles. The normalized spacial score (nSPS) is 19.7. The fourth-order valence-corrected chi connectivity index (χ4v) is 3.83. The van der Waals surface area contributed by atoms with Crippen molar-refractivity contribution in [1.29, 1.82) is 0 Å². The number of fused-ring (bicyclic) bond motifs is 1. The topological polar surface area (TPSA) is 33.5 Å². The molecule has 2 aliphatic carbocycles. The second-order valence-electron chi connectivity index (χ2n) is 6.74. The zero-order chi connectivity index (χ0) is 18.8. The Morgan fingerprint density at radius 1 is 1.00 bits per heavy atom. The molecule has 0 heterocycles. The van der Waals surface area contributed by atoms with Gasteiger partial charge in [0.05, 0.1) is 0 Å². The number of allylic oxidation sites excluding steroid dienone is 1. The van der Waals surface area contributed by atoms with E-state index >= 15 is 0 Å². The molecule has 2 aliphatic rings. The Morgan fingerprint density at radius 3 is 2.19 bits per heavy atom. The Morgan fingerprint density at radius 2 is 1.63 bits per heavy atom. The summed E-state index contributed by atoms with van der Waals surface area (Å²) in [6, 6.07) is 18.8. The van der Waals surface area contributed by atoms with Gasteiger partial charge in [-0.05, 0) is 24.0 Å². The van der Waals surface area contributed by atoms with Crippen molar-refractivity contribution in [2.75, 3.05) is 0 Å². The van der Waals surface area contributed by atoms with E-state index in [1.165, 1.54) is 31.2 Å². The van der Waals surface area contributed by atoms with E-state index in [9.17, 15) is 0 Å². The first-order valence-corrected chi connectivity index (χ1v) is 13.4. The van der Waals surface area contributed by atoms with Gasteiger partial charge in [-0.2, -0.15) is 37.0 Å². The van der Waals surface area contributed by atoms with E-state index in [4.69, 9.17) is 18.6 Å². The first-order valence-electron chi connectivity index (χ1n) is 9.11. The standard InChI is InChI=1S/C16H19.C7H7.2ClH.H2N.Ti/c1-12-11-14-9-5-6-10-15(14)16(12)13-7-3-2-4-8-13;1-7-5-3-2-4-6-7;;;;/h5-7,9-11,13,16H,2-4,8H2,1H3;2-6H,1H2;2*1H;1H2;/q2*-1;;;-1;+2/p-2. The van der Waals surface area contributed by atoms with Crippen LogP contribution in [0.2, 0.25) is 0 Å². The Bertz CT molecular complexity index is 682. The van der Waals surface area contributed by atoms with Gasteiger partial charge in [0.15, 0.2) is 0 Å². The first-order chi connectivity index (χ1) is 12.7. The summed E-state index contributed by atoms with van der Waals surface area (Å²) in [5.74, 6) is 1.46. The van der Waals surface area contributed by atoms with Crippen LogP contribution in [0.1, 0.15) is 55.2 Å². The number of rotatable bonds is 1. The van der Waals surface area contributed by atoms with E-state index in [-0.39, 0.29) is 6.15 Å². The van der Waals surface area contributed by atoms with Crippen LogP contribution in [0.15, 0.2) is 60.2 Å². The second-order valence-corrected chi connectivity index (χ2v) is 9.32. The summed E-state index contributed by atoms with van der Waals surface area (Å²) in [6.07, 6.45) is 10.4. The van der Waals surface area contributed by atoms with E-state index in [0.29, 0.717) is 5.92 Å². The SMILES string of the molecule is CC1=Cc2ccccc2C1C1[CH-]CCCC1.[CH2-]c1ccccc1.[Cl][Ti][Cl].[NH2-]. The average molecular weight is 437 g/mol. The van der Waals surface area contributed by atoms with E-state index in [2.05, 4.69) is 50.6 Å². The molecule has 1 saturated carbocycles. The molecule has 0 spiro atoms. The molecule has 4 rings (SSSR count). The van der Waals surface area contributed by atoms with Gasteiger partial charge in [0.2, 0.25) is 0 Å². The van der Waals surface area contributed by atoms with E-state index in [1.54, 1.807) is 11.1 Å². The minimum Gasteiger partial charge on any atom is -0.693 e. The van der Waals surface area contributed by atoms with E-state index in [0.717, 1.165) is 11.5 Å². The fourth-order valence-electron chi connectivity index (χ4n) is 3.83. The molecule has 2 unspecified atom stereocenters. The molecule has 1 nitrogen and oxygen atoms in total. The van der Waals surface area contributed by atoms with Crippen LogP contribution in [0.4, 0.5) is 0 Å². The Balaban J connectivity index is 0.000000279. The predicted molar refractivity (Wildman–Crippen MR) is 117 cm³/mol. The van der Waals surface area contributed by atoms with Crippen molar-refractivity contribution in [3.63, 3.8) is 0 Å². The van der Waals surface area contributed by atoms with Crippen LogP contribution in [0.25, 0.3) is 12.2 Å². The largest absolute Gasteiger partial charge is 0.693 e. The van der Waals surface area contributed by atoms with Gasteiger partial charge in [-0.1, -0.05) is 61.2 Å². The molecule has 1 fully saturated rings. The second kappa shape index (κ2) is 13.5. The Labute approximate surface area is 181 Å². The minimum atomic E-state index is -0.556. The number of hydrogen-bond donors (Lipinski definition) is 0. The van der Waals surface area contributed by atoms with Gasteiger partial charge in [0.25, 0.3) is 0 Å². The first kappa shape index (κ1) is 24.3. The maximum atomic E-state index is 4.89. The van der Waals surface area contributed by atoms with Gasteiger partial charge in [0, 0.05) is 0 Å². The fraction of sp³-hybridized carbons (Fsp3) is 0.304. The maximum Gasteiger partial charge on any atom is -0.693 e. The molecular formula is C23H28Cl2NTi-3. The number of nitrogens with two attached hydrogens (primary N) is 1. The van der Waals surface area contributed by atoms with Crippen molar-refractivity contribution in [2.24, 2.45) is 5.92 Å². The summed E-state index contributed by atoms with van der Waals surface area (Å²) in [4.78, 5) is 0. The monoisotopic (exact) mass is 436 g/mol. The van der Waals surface area contributed by atoms with E-state index < -0.39 is 17.0 Å². The molecular weight excluding hydrogens is 409 g/mol. The summed E-state index contributed by atoms with van der Waals surface area (Å²) in [5, 5.41) is 0. The molecule has 2 N–H and O–H groups in total. The Kier molecular flexibility index (Phi) is 12.1. The molecule has 4 heteroatoms. The van der Waals surface area contributed by atoms with Crippen molar-refractivity contribution in [2.45, 2.75) is 38.5 Å². The number of benzene rings is 2. The maximum absolute atomic E-state index is 4.89. The van der Waals surface area contributed by atoms with Crippen molar-refractivity contribution < 1.29 is 17.0 Å². The van der Waals surface area contributed by atoms with Crippen LogP contribution in [0.3, 0.4) is 0 Å². The number of halogens is 2. The Hall–Kier alpha value is -0.696. The van der Waals surface area contributed by atoms with Gasteiger partial charge < -0.3 is 12.6 Å². The van der Waals surface area contributed by atoms with Crippen molar-refractivity contribution in [3.05, 3.63) is 96.4 Å². The summed E-state index contributed by atoms with van der Waals surface area (Å²) in [5.41, 5.74) is 5.64. The smallest absolute Gasteiger partial charge is 0.693 e. The summed E-state index contributed by atoms with van der Waals surface area (Å²) in [6.45, 7) is 6.02. The van der Waals surface area contributed by atoms with Gasteiger partial charge in [0.1, 0.15) is 0 Å². The third-order valence-electron chi connectivity index (χ3n) is 4.94. The molecule has 146 valence electrons. The van der Waals surface area contributed by atoms with Crippen molar-refractivity contribution in [3.8, 4) is 0 Å². The molecule has 0 amide bonds. The molecule has 0 radical (unpaired) electrons. The van der Waals surface area contributed by atoms with Gasteiger partial charge in [-0.3, -0.25) is 0 Å². The molecule has 0 bridgehead atoms. The third kappa shape index (κ3) is 7.68. The quantitative estimate of drug-likeness (QED) is 0.316. The van der Waals surface area contributed by atoms with Crippen LogP contribution < -0.4 is 0 Å². The minimum absolute atomic E-state index is 0. The van der Waals surface area contributed by atoms with Gasteiger partial charge >= 0.3 is 35.6 Å². The van der Waals surface area contributed by atoms with Crippen molar-refractivity contribution >= 4 is 24.7 Å². The molecule has 27 heavy (non-hydrogen) atoms. The average Bonchev–Trinajstić information content (AvgIpc) is 3.00. The molecule has 0 aliphatic heterocycles. The zero-order valence-corrected chi connectivity index (χ0v) is 18.9. The third-order valence-corrected chi connectivity index (χ3v) is 4.94. The predicted octanol–water partition coefficient (Wildman–Crippen LogP) is 8.54. The molecule has 0 saturated heterocycles. The zero-order valence-electron chi connectivity index (χ0n) is 15.9. The molecule has 2 aromatic carbocycles. The molecule has 2 atom stereocenters. The summed E-state index contributed by atoms with van der Waals surface area (Å²) >= 11 is -0.556. The van der Waals surface area contributed by atoms with E-state index in [1.807, 2.05) is 30.3 Å². The van der Waals surface area contributed by atoms with Crippen LogP contribution in [0, 0.1) is 19.3 Å². The van der Waals surface area contributed by atoms with Gasteiger partial charge in [-0.15, -0.1) is 12.1 Å². The van der Waals surface area contributed by atoms with Gasteiger partial charge in [-0.25, -0.2) is 0 Å². The molecule has 2 aromatic rings. The van der Waals surface area contributed by atoms with Crippen LogP contribution >= 0.6 is 18.6 Å². The van der Waals surface area contributed by atoms with Crippen LogP contribution in [0.5, 0.6) is 0 Å². The number of hydrogen-bond acceptors (Lipinski definition) is 0. The summed E-state index contributed by atoms with van der Waals surface area (Å²) < 4.78 is 0.